The Balaban J connectivity index is 2.04. The SMILES string of the molecule is CCOc1ccc(S(=O)(=O)N(CC(=O)N(Cc2cccc(C)c2)[C@H](CC)C(=O)NC)c2ccc(C)cc2)cc1. The number of anilines is 1. The monoisotopic (exact) mass is 551 g/mol. The van der Waals surface area contributed by atoms with Crippen LogP contribution in [0, 0.1) is 13.8 Å². The summed E-state index contributed by atoms with van der Waals surface area (Å²) in [6, 6.07) is 20.0. The topological polar surface area (TPSA) is 96.0 Å². The van der Waals surface area contributed by atoms with Gasteiger partial charge in [0.25, 0.3) is 10.0 Å². The van der Waals surface area contributed by atoms with Gasteiger partial charge >= 0.3 is 0 Å². The zero-order valence-corrected chi connectivity index (χ0v) is 24.0. The fourth-order valence-electron chi connectivity index (χ4n) is 4.33. The maximum Gasteiger partial charge on any atom is 0.264 e. The number of hydrogen-bond donors (Lipinski definition) is 1. The number of likely N-dealkylation sites (N-methyl/N-ethyl adjacent to an activating group) is 1. The molecule has 3 rings (SSSR count). The van der Waals surface area contributed by atoms with E-state index in [0.29, 0.717) is 24.5 Å². The van der Waals surface area contributed by atoms with Gasteiger partial charge in [0.05, 0.1) is 17.2 Å². The van der Waals surface area contributed by atoms with Crippen LogP contribution in [-0.4, -0.2) is 51.4 Å². The van der Waals surface area contributed by atoms with E-state index in [0.717, 1.165) is 21.0 Å². The van der Waals surface area contributed by atoms with Crippen LogP contribution < -0.4 is 14.4 Å². The Labute approximate surface area is 231 Å². The minimum atomic E-state index is -4.14. The van der Waals surface area contributed by atoms with Crippen molar-refractivity contribution < 1.29 is 22.7 Å². The van der Waals surface area contributed by atoms with E-state index in [1.54, 1.807) is 36.4 Å². The molecule has 8 nitrogen and oxygen atoms in total. The van der Waals surface area contributed by atoms with E-state index in [1.165, 1.54) is 24.1 Å². The summed E-state index contributed by atoms with van der Waals surface area (Å²) < 4.78 is 34.4. The molecule has 0 aromatic heterocycles. The van der Waals surface area contributed by atoms with Crippen molar-refractivity contribution >= 4 is 27.5 Å². The first kappa shape index (κ1) is 29.7. The van der Waals surface area contributed by atoms with E-state index in [2.05, 4.69) is 5.32 Å². The fourth-order valence-corrected chi connectivity index (χ4v) is 5.75. The van der Waals surface area contributed by atoms with Crippen LogP contribution in [0.1, 0.15) is 37.0 Å². The number of sulfonamides is 1. The molecule has 39 heavy (non-hydrogen) atoms. The third-order valence-electron chi connectivity index (χ3n) is 6.39. The first-order chi connectivity index (χ1) is 18.6. The van der Waals surface area contributed by atoms with E-state index in [1.807, 2.05) is 52.0 Å². The van der Waals surface area contributed by atoms with Crippen LogP contribution in [0.3, 0.4) is 0 Å². The Bertz CT molecular complexity index is 1370. The van der Waals surface area contributed by atoms with Crippen molar-refractivity contribution in [2.45, 2.75) is 51.6 Å². The summed E-state index contributed by atoms with van der Waals surface area (Å²) in [5.41, 5.74) is 3.18. The van der Waals surface area contributed by atoms with Gasteiger partial charge in [0.1, 0.15) is 18.3 Å². The lowest BCUT2D eigenvalue weighted by Crippen LogP contribution is -2.51. The number of nitrogens with zero attached hydrogens (tertiary/aromatic N) is 2. The highest BCUT2D eigenvalue weighted by atomic mass is 32.2. The molecule has 0 bridgehead atoms. The van der Waals surface area contributed by atoms with Crippen molar-refractivity contribution in [2.24, 2.45) is 0 Å². The number of carbonyl (C=O) groups excluding carboxylic acids is 2. The van der Waals surface area contributed by atoms with Gasteiger partial charge in [0, 0.05) is 13.6 Å². The van der Waals surface area contributed by atoms with Gasteiger partial charge < -0.3 is 15.0 Å². The van der Waals surface area contributed by atoms with Crippen molar-refractivity contribution in [3.05, 3.63) is 89.5 Å². The lowest BCUT2D eigenvalue weighted by Gasteiger charge is -2.33. The van der Waals surface area contributed by atoms with Gasteiger partial charge in [-0.05, 0) is 69.2 Å². The van der Waals surface area contributed by atoms with E-state index >= 15 is 0 Å². The Hall–Kier alpha value is -3.85. The highest BCUT2D eigenvalue weighted by Crippen LogP contribution is 2.26. The minimum absolute atomic E-state index is 0.0305. The van der Waals surface area contributed by atoms with Gasteiger partial charge in [-0.1, -0.05) is 54.4 Å². The highest BCUT2D eigenvalue weighted by molar-refractivity contribution is 7.92. The third kappa shape index (κ3) is 7.38. The summed E-state index contributed by atoms with van der Waals surface area (Å²) in [7, 11) is -2.61. The summed E-state index contributed by atoms with van der Waals surface area (Å²) in [6.07, 6.45) is 0.368. The Morgan fingerprint density at radius 2 is 1.59 bits per heavy atom. The van der Waals surface area contributed by atoms with Gasteiger partial charge in [0.2, 0.25) is 11.8 Å². The summed E-state index contributed by atoms with van der Waals surface area (Å²) in [6.45, 7) is 7.67. The van der Waals surface area contributed by atoms with E-state index in [4.69, 9.17) is 4.74 Å². The van der Waals surface area contributed by atoms with E-state index in [9.17, 15) is 18.0 Å². The minimum Gasteiger partial charge on any atom is -0.494 e. The molecule has 0 saturated carbocycles. The molecular formula is C30H37N3O5S. The number of amides is 2. The maximum atomic E-state index is 13.9. The number of rotatable bonds is 12. The third-order valence-corrected chi connectivity index (χ3v) is 8.18. The quantitative estimate of drug-likeness (QED) is 0.359. The van der Waals surface area contributed by atoms with E-state index in [-0.39, 0.29) is 17.3 Å². The van der Waals surface area contributed by atoms with Crippen molar-refractivity contribution in [2.75, 3.05) is 24.5 Å². The van der Waals surface area contributed by atoms with E-state index < -0.39 is 28.5 Å². The van der Waals surface area contributed by atoms with Gasteiger partial charge in [-0.15, -0.1) is 0 Å². The normalized spacial score (nSPS) is 11.9. The average molecular weight is 552 g/mol. The second kappa shape index (κ2) is 13.3. The Morgan fingerprint density at radius 1 is 0.923 bits per heavy atom. The fraction of sp³-hybridized carbons (Fsp3) is 0.333. The lowest BCUT2D eigenvalue weighted by molar-refractivity contribution is -0.140. The van der Waals surface area contributed by atoms with Crippen molar-refractivity contribution in [1.82, 2.24) is 10.2 Å². The first-order valence-corrected chi connectivity index (χ1v) is 14.4. The van der Waals surface area contributed by atoms with Crippen molar-refractivity contribution in [1.29, 1.82) is 0 Å². The summed E-state index contributed by atoms with van der Waals surface area (Å²) >= 11 is 0. The Kier molecular flexibility index (Phi) is 10.1. The lowest BCUT2D eigenvalue weighted by atomic mass is 10.1. The number of carbonyl (C=O) groups is 2. The molecule has 1 atom stereocenters. The smallest absolute Gasteiger partial charge is 0.264 e. The molecule has 0 unspecified atom stereocenters. The second-order valence-electron chi connectivity index (χ2n) is 9.30. The van der Waals surface area contributed by atoms with Gasteiger partial charge in [-0.2, -0.15) is 0 Å². The van der Waals surface area contributed by atoms with Crippen LogP contribution in [0.15, 0.2) is 77.7 Å². The van der Waals surface area contributed by atoms with Crippen LogP contribution in [0.25, 0.3) is 0 Å². The molecule has 1 N–H and O–H groups in total. The zero-order chi connectivity index (χ0) is 28.6. The molecule has 3 aromatic rings. The number of nitrogens with one attached hydrogen (secondary N) is 1. The number of aryl methyl sites for hydroxylation is 2. The van der Waals surface area contributed by atoms with Crippen LogP contribution in [-0.2, 0) is 26.2 Å². The average Bonchev–Trinajstić information content (AvgIpc) is 2.92. The standard InChI is InChI=1S/C30H37N3O5S/c1-6-28(30(35)31-5)32(20-24-10-8-9-23(4)19-24)29(34)21-33(25-13-11-22(3)12-14-25)39(36,37)27-17-15-26(16-18-27)38-7-2/h8-19,28H,6-7,20-21H2,1-5H3,(H,31,35)/t28-/m1/s1. The zero-order valence-electron chi connectivity index (χ0n) is 23.2. The largest absolute Gasteiger partial charge is 0.494 e. The van der Waals surface area contributed by atoms with Gasteiger partial charge in [0.15, 0.2) is 0 Å². The molecular weight excluding hydrogens is 514 g/mol. The summed E-state index contributed by atoms with van der Waals surface area (Å²) in [5, 5.41) is 2.63. The highest BCUT2D eigenvalue weighted by Gasteiger charge is 2.33. The molecule has 0 aliphatic heterocycles. The predicted molar refractivity (Wildman–Crippen MR) is 153 cm³/mol. The summed E-state index contributed by atoms with van der Waals surface area (Å²) in [4.78, 5) is 28.2. The molecule has 208 valence electrons. The predicted octanol–water partition coefficient (Wildman–Crippen LogP) is 4.45. The molecule has 2 amide bonds. The number of benzene rings is 3. The van der Waals surface area contributed by atoms with Gasteiger partial charge in [-0.3, -0.25) is 13.9 Å². The van der Waals surface area contributed by atoms with Gasteiger partial charge in [-0.25, -0.2) is 8.42 Å². The first-order valence-electron chi connectivity index (χ1n) is 13.0. The van der Waals surface area contributed by atoms with Crippen LogP contribution in [0.2, 0.25) is 0 Å². The molecule has 0 spiro atoms. The molecule has 0 heterocycles. The van der Waals surface area contributed by atoms with Crippen LogP contribution >= 0.6 is 0 Å². The second-order valence-corrected chi connectivity index (χ2v) is 11.2. The molecule has 0 fully saturated rings. The Morgan fingerprint density at radius 3 is 2.15 bits per heavy atom. The molecule has 0 aliphatic rings. The number of ether oxygens (including phenoxy) is 1. The maximum absolute atomic E-state index is 13.9. The molecule has 0 radical (unpaired) electrons. The van der Waals surface area contributed by atoms with Crippen LogP contribution in [0.4, 0.5) is 5.69 Å². The molecule has 0 aliphatic carbocycles. The molecule has 0 saturated heterocycles. The number of hydrogen-bond acceptors (Lipinski definition) is 5. The summed E-state index contributed by atoms with van der Waals surface area (Å²) in [5.74, 6) is -0.244. The van der Waals surface area contributed by atoms with Crippen molar-refractivity contribution in [3.63, 3.8) is 0 Å². The van der Waals surface area contributed by atoms with Crippen molar-refractivity contribution in [3.8, 4) is 5.75 Å². The van der Waals surface area contributed by atoms with Crippen LogP contribution in [0.5, 0.6) is 5.75 Å². The molecule has 9 heteroatoms. The molecule has 3 aromatic carbocycles.